The molecular formula is C14H9Cl3S. The first kappa shape index (κ1) is 12.7. The molecule has 0 aliphatic carbocycles. The highest BCUT2D eigenvalue weighted by atomic mass is 35.5. The van der Waals surface area contributed by atoms with E-state index in [0.29, 0.717) is 0 Å². The lowest BCUT2D eigenvalue weighted by Crippen LogP contribution is -1.95. The molecular weight excluding hydrogens is 307 g/mol. The van der Waals surface area contributed by atoms with Crippen molar-refractivity contribution in [2.45, 2.75) is 21.6 Å². The molecule has 0 N–H and O–H groups in total. The zero-order valence-electron chi connectivity index (χ0n) is 9.29. The smallest absolute Gasteiger partial charge is 0.0637 e. The quantitative estimate of drug-likeness (QED) is 0.539. The molecule has 0 nitrogen and oxygen atoms in total. The fourth-order valence-corrected chi connectivity index (χ4v) is 3.97. The van der Waals surface area contributed by atoms with Crippen LogP contribution in [0.3, 0.4) is 0 Å². The molecule has 0 saturated heterocycles. The summed E-state index contributed by atoms with van der Waals surface area (Å²) in [6.07, 6.45) is 0.776. The van der Waals surface area contributed by atoms with Crippen LogP contribution in [0, 0.1) is 0 Å². The van der Waals surface area contributed by atoms with E-state index in [9.17, 15) is 0 Å². The molecule has 92 valence electrons. The largest absolute Gasteiger partial charge is 0.117 e. The first-order valence-electron chi connectivity index (χ1n) is 5.53. The molecule has 0 fully saturated rings. The summed E-state index contributed by atoms with van der Waals surface area (Å²) >= 11 is 20.3. The van der Waals surface area contributed by atoms with E-state index in [2.05, 4.69) is 6.07 Å². The van der Waals surface area contributed by atoms with Crippen LogP contribution in [0.25, 0.3) is 0 Å². The van der Waals surface area contributed by atoms with Crippen molar-refractivity contribution in [1.82, 2.24) is 0 Å². The highest BCUT2D eigenvalue weighted by Crippen LogP contribution is 2.44. The van der Waals surface area contributed by atoms with Crippen molar-refractivity contribution < 1.29 is 0 Å². The highest BCUT2D eigenvalue weighted by Gasteiger charge is 2.21. The summed E-state index contributed by atoms with van der Waals surface area (Å²) in [7, 11) is 0. The summed E-state index contributed by atoms with van der Waals surface area (Å²) in [5.74, 6) is 0. The van der Waals surface area contributed by atoms with Gasteiger partial charge in [0.25, 0.3) is 0 Å². The summed E-state index contributed by atoms with van der Waals surface area (Å²) in [6.45, 7) is 0. The minimum atomic E-state index is -0.0640. The van der Waals surface area contributed by atoms with Crippen LogP contribution in [-0.2, 0) is 6.42 Å². The first-order valence-corrected chi connectivity index (χ1v) is 7.54. The molecule has 0 aromatic heterocycles. The van der Waals surface area contributed by atoms with E-state index >= 15 is 0 Å². The Bertz CT molecular complexity index is 610. The lowest BCUT2D eigenvalue weighted by atomic mass is 10.0. The fraction of sp³-hybridized carbons (Fsp3) is 0.143. The average Bonchev–Trinajstić information content (AvgIpc) is 2.46. The topological polar surface area (TPSA) is 0 Å². The summed E-state index contributed by atoms with van der Waals surface area (Å²) < 4.78 is 0. The minimum absolute atomic E-state index is 0.0640. The maximum Gasteiger partial charge on any atom is 0.0637 e. The van der Waals surface area contributed by atoms with Crippen molar-refractivity contribution in [2.75, 3.05) is 0 Å². The zero-order valence-corrected chi connectivity index (χ0v) is 12.4. The van der Waals surface area contributed by atoms with Crippen LogP contribution >= 0.6 is 46.6 Å². The molecule has 2 aromatic rings. The van der Waals surface area contributed by atoms with Gasteiger partial charge in [0.15, 0.2) is 0 Å². The normalized spacial score (nSPS) is 17.8. The van der Waals surface area contributed by atoms with E-state index in [1.165, 1.54) is 15.4 Å². The zero-order chi connectivity index (χ0) is 12.7. The third-order valence-corrected chi connectivity index (χ3v) is 5.02. The van der Waals surface area contributed by atoms with Gasteiger partial charge in [-0.25, -0.2) is 0 Å². The van der Waals surface area contributed by atoms with Crippen molar-refractivity contribution in [3.63, 3.8) is 0 Å². The molecule has 0 bridgehead atoms. The van der Waals surface area contributed by atoms with Crippen LogP contribution in [-0.4, -0.2) is 0 Å². The summed E-state index contributed by atoms with van der Waals surface area (Å²) in [4.78, 5) is 2.38. The standard InChI is InChI=1S/C14H9Cl3S/c15-9-1-3-13-8(5-9)6-12(17)11-7-10(16)2-4-14(11)18-13/h1-5,7,12H,6H2/t12-/m0/s1. The van der Waals surface area contributed by atoms with E-state index in [1.807, 2.05) is 30.3 Å². The molecule has 0 saturated carbocycles. The van der Waals surface area contributed by atoms with Gasteiger partial charge in [0.05, 0.1) is 5.38 Å². The molecule has 1 heterocycles. The van der Waals surface area contributed by atoms with Crippen molar-refractivity contribution in [3.05, 3.63) is 57.6 Å². The van der Waals surface area contributed by atoms with Crippen LogP contribution in [0.15, 0.2) is 46.2 Å². The monoisotopic (exact) mass is 314 g/mol. The average molecular weight is 316 g/mol. The second kappa shape index (κ2) is 4.97. The summed E-state index contributed by atoms with van der Waals surface area (Å²) in [6, 6.07) is 11.8. The van der Waals surface area contributed by atoms with Crippen LogP contribution in [0.1, 0.15) is 16.5 Å². The van der Waals surface area contributed by atoms with Gasteiger partial charge in [-0.1, -0.05) is 35.0 Å². The van der Waals surface area contributed by atoms with Crippen LogP contribution in [0.2, 0.25) is 10.0 Å². The molecule has 2 aromatic carbocycles. The van der Waals surface area contributed by atoms with Gasteiger partial charge in [0.2, 0.25) is 0 Å². The lowest BCUT2D eigenvalue weighted by molar-refractivity contribution is 0.891. The van der Waals surface area contributed by atoms with Crippen LogP contribution < -0.4 is 0 Å². The fourth-order valence-electron chi connectivity index (χ4n) is 2.09. The summed E-state index contributed by atoms with van der Waals surface area (Å²) in [5, 5.41) is 1.41. The molecule has 4 heteroatoms. The Morgan fingerprint density at radius 1 is 0.944 bits per heavy atom. The van der Waals surface area contributed by atoms with Crippen molar-refractivity contribution in [3.8, 4) is 0 Å². The Kier molecular flexibility index (Phi) is 3.50. The van der Waals surface area contributed by atoms with Gasteiger partial charge < -0.3 is 0 Å². The molecule has 1 aliphatic rings. The SMILES string of the molecule is Clc1ccc2c(c1)C[C@H](Cl)c1cc(Cl)ccc1S2. The molecule has 3 rings (SSSR count). The van der Waals surface area contributed by atoms with Crippen molar-refractivity contribution in [1.29, 1.82) is 0 Å². The highest BCUT2D eigenvalue weighted by molar-refractivity contribution is 7.99. The number of benzene rings is 2. The Balaban J connectivity index is 2.13. The number of hydrogen-bond acceptors (Lipinski definition) is 1. The number of hydrogen-bond donors (Lipinski definition) is 0. The van der Waals surface area contributed by atoms with E-state index in [0.717, 1.165) is 22.0 Å². The third kappa shape index (κ3) is 2.37. The molecule has 0 spiro atoms. The van der Waals surface area contributed by atoms with E-state index in [-0.39, 0.29) is 5.38 Å². The summed E-state index contributed by atoms with van der Waals surface area (Å²) in [5.41, 5.74) is 2.29. The second-order valence-corrected chi connectivity index (χ2v) is 6.69. The van der Waals surface area contributed by atoms with E-state index < -0.39 is 0 Å². The maximum atomic E-state index is 6.49. The molecule has 1 aliphatic heterocycles. The predicted octanol–water partition coefficient (Wildman–Crippen LogP) is 5.98. The van der Waals surface area contributed by atoms with Crippen LogP contribution in [0.4, 0.5) is 0 Å². The van der Waals surface area contributed by atoms with Gasteiger partial charge in [-0.05, 0) is 53.9 Å². The molecule has 1 atom stereocenters. The van der Waals surface area contributed by atoms with Crippen molar-refractivity contribution >= 4 is 46.6 Å². The van der Waals surface area contributed by atoms with E-state index in [1.54, 1.807) is 11.8 Å². The van der Waals surface area contributed by atoms with Gasteiger partial charge in [-0.15, -0.1) is 11.6 Å². The maximum absolute atomic E-state index is 6.49. The lowest BCUT2D eigenvalue weighted by Gasteiger charge is -2.10. The van der Waals surface area contributed by atoms with Crippen molar-refractivity contribution in [2.24, 2.45) is 0 Å². The Labute approximate surface area is 125 Å². The molecule has 18 heavy (non-hydrogen) atoms. The molecule has 0 unspecified atom stereocenters. The van der Waals surface area contributed by atoms with Gasteiger partial charge in [-0.3, -0.25) is 0 Å². The number of rotatable bonds is 0. The van der Waals surface area contributed by atoms with Crippen LogP contribution in [0.5, 0.6) is 0 Å². The van der Waals surface area contributed by atoms with E-state index in [4.69, 9.17) is 34.8 Å². The Morgan fingerprint density at radius 3 is 2.39 bits per heavy atom. The van der Waals surface area contributed by atoms with Gasteiger partial charge in [0, 0.05) is 19.8 Å². The number of alkyl halides is 1. The number of fused-ring (bicyclic) bond motifs is 2. The Hall–Kier alpha value is -0.340. The van der Waals surface area contributed by atoms with Gasteiger partial charge in [0.1, 0.15) is 0 Å². The molecule has 0 radical (unpaired) electrons. The predicted molar refractivity (Wildman–Crippen MR) is 79.3 cm³/mol. The number of halogens is 3. The van der Waals surface area contributed by atoms with Gasteiger partial charge in [-0.2, -0.15) is 0 Å². The third-order valence-electron chi connectivity index (χ3n) is 2.95. The second-order valence-electron chi connectivity index (χ2n) is 4.21. The van der Waals surface area contributed by atoms with Gasteiger partial charge >= 0.3 is 0 Å². The minimum Gasteiger partial charge on any atom is -0.117 e. The molecule has 0 amide bonds. The Morgan fingerprint density at radius 2 is 1.61 bits per heavy atom. The first-order chi connectivity index (χ1) is 8.63.